The number of nitrogens with one attached hydrogen (secondary N) is 2. The molecule has 0 aromatic heterocycles. The molecule has 0 aliphatic carbocycles. The largest absolute Gasteiger partial charge is 0.594 e. The van der Waals surface area contributed by atoms with Crippen LogP contribution in [-0.4, -0.2) is 119 Å². The van der Waals surface area contributed by atoms with Gasteiger partial charge in [-0.1, -0.05) is 5.48 Å². The average Bonchev–Trinajstić information content (AvgIpc) is 2.80. The molecule has 0 aromatic rings. The molecule has 2 aliphatic rings. The molecule has 0 aromatic carbocycles. The first-order valence-corrected chi connectivity index (χ1v) is 11.6. The molecule has 2 rings (SSSR count). The molecule has 2 aliphatic heterocycles. The molecule has 203 valence electrons. The first kappa shape index (κ1) is 29.8. The van der Waals surface area contributed by atoms with Crippen LogP contribution in [0.2, 0.25) is 0 Å². The van der Waals surface area contributed by atoms with Crippen molar-refractivity contribution in [3.63, 3.8) is 0 Å². The molecule has 35 heavy (non-hydrogen) atoms. The number of amides is 1. The predicted molar refractivity (Wildman–Crippen MR) is 116 cm³/mol. The van der Waals surface area contributed by atoms with E-state index in [2.05, 4.69) is 15.6 Å². The predicted octanol–water partition coefficient (Wildman–Crippen LogP) is -2.96. The molecular formula is C21H38N2O12+. The minimum atomic E-state index is -1.68. The lowest BCUT2D eigenvalue weighted by Crippen LogP contribution is -2.67. The number of unbranched alkanes of at least 4 members (excludes halogenated alkanes) is 2. The summed E-state index contributed by atoms with van der Waals surface area (Å²) in [6.45, 7) is 4.23. The van der Waals surface area contributed by atoms with E-state index in [0.29, 0.717) is 13.0 Å². The number of carbonyl (C=O) groups excluding carboxylic acids is 2. The van der Waals surface area contributed by atoms with Gasteiger partial charge >= 0.3 is 5.97 Å². The number of ether oxygens (including phenoxy) is 4. The van der Waals surface area contributed by atoms with Crippen LogP contribution in [0.15, 0.2) is 0 Å². The Morgan fingerprint density at radius 3 is 2.31 bits per heavy atom. The molecule has 0 unspecified atom stereocenters. The summed E-state index contributed by atoms with van der Waals surface area (Å²) in [4.78, 5) is 27.2. The molecular weight excluding hydrogens is 472 g/mol. The fourth-order valence-electron chi connectivity index (χ4n) is 3.87. The highest BCUT2D eigenvalue weighted by Gasteiger charge is 2.50. The Bertz CT molecular complexity index is 668. The van der Waals surface area contributed by atoms with Crippen LogP contribution in [0.5, 0.6) is 0 Å². The quantitative estimate of drug-likeness (QED) is 0.0796. The van der Waals surface area contributed by atoms with E-state index in [-0.39, 0.29) is 6.61 Å². The molecule has 1 radical (unpaired) electrons. The highest BCUT2D eigenvalue weighted by Crippen LogP contribution is 2.29. The molecule has 2 saturated heterocycles. The van der Waals surface area contributed by atoms with Gasteiger partial charge in [-0.3, -0.25) is 4.79 Å². The highest BCUT2D eigenvalue weighted by molar-refractivity contribution is 5.73. The van der Waals surface area contributed by atoms with E-state index in [0.717, 1.165) is 12.8 Å². The molecule has 0 spiro atoms. The van der Waals surface area contributed by atoms with Gasteiger partial charge in [-0.25, -0.2) is 0 Å². The van der Waals surface area contributed by atoms with Crippen LogP contribution in [0.3, 0.4) is 0 Å². The van der Waals surface area contributed by atoms with E-state index < -0.39 is 79.8 Å². The third-order valence-electron chi connectivity index (χ3n) is 5.74. The zero-order valence-corrected chi connectivity index (χ0v) is 20.1. The molecule has 0 saturated carbocycles. The van der Waals surface area contributed by atoms with Crippen molar-refractivity contribution in [1.82, 2.24) is 10.8 Å². The second-order valence-electron chi connectivity index (χ2n) is 8.64. The molecule has 1 amide bonds. The Labute approximate surface area is 203 Å². The van der Waals surface area contributed by atoms with Crippen molar-refractivity contribution < 1.29 is 58.9 Å². The monoisotopic (exact) mass is 510 g/mol. The van der Waals surface area contributed by atoms with Gasteiger partial charge < -0.3 is 49.8 Å². The van der Waals surface area contributed by atoms with Gasteiger partial charge in [-0.15, -0.1) is 0 Å². The fraction of sp³-hybridized carbons (Fsp3) is 0.905. The third-order valence-corrected chi connectivity index (χ3v) is 5.74. The molecule has 14 nitrogen and oxygen atoms in total. The Balaban J connectivity index is 2.00. The van der Waals surface area contributed by atoms with Crippen LogP contribution in [0.1, 0.15) is 40.0 Å². The van der Waals surface area contributed by atoms with Crippen LogP contribution >= 0.6 is 0 Å². The van der Waals surface area contributed by atoms with E-state index in [1.54, 1.807) is 6.92 Å². The Morgan fingerprint density at radius 2 is 1.69 bits per heavy atom. The number of carbonyl (C=O) groups is 2. The molecule has 2 heterocycles. The Morgan fingerprint density at radius 1 is 0.971 bits per heavy atom. The second kappa shape index (κ2) is 14.3. The summed E-state index contributed by atoms with van der Waals surface area (Å²) in [6, 6.07) is -1.00. The van der Waals surface area contributed by atoms with Gasteiger partial charge in [0.05, 0.1) is 24.1 Å². The smallest absolute Gasteiger partial charge is 0.394 e. The first-order chi connectivity index (χ1) is 16.6. The normalized spacial score (nSPS) is 37.6. The average molecular weight is 511 g/mol. The summed E-state index contributed by atoms with van der Waals surface area (Å²) in [5.41, 5.74) is 2.54. The van der Waals surface area contributed by atoms with Gasteiger partial charge in [0.25, 0.3) is 0 Å². The number of rotatable bonds is 12. The van der Waals surface area contributed by atoms with Gasteiger partial charge in [-0.05, 0) is 26.2 Å². The zero-order valence-electron chi connectivity index (χ0n) is 20.1. The van der Waals surface area contributed by atoms with Gasteiger partial charge in [-0.2, -0.15) is 4.84 Å². The van der Waals surface area contributed by atoms with Crippen LogP contribution < -0.4 is 10.8 Å². The summed E-state index contributed by atoms with van der Waals surface area (Å²) in [7, 11) is 0. The molecule has 10 atom stereocenters. The van der Waals surface area contributed by atoms with Crippen LogP contribution in [0.25, 0.3) is 0 Å². The van der Waals surface area contributed by atoms with Crippen molar-refractivity contribution in [3.05, 3.63) is 0 Å². The lowest BCUT2D eigenvalue weighted by molar-refractivity contribution is -0.342. The summed E-state index contributed by atoms with van der Waals surface area (Å²) >= 11 is 0. The van der Waals surface area contributed by atoms with Crippen molar-refractivity contribution in [3.8, 4) is 0 Å². The maximum Gasteiger partial charge on any atom is 0.594 e. The molecule has 7 N–H and O–H groups in total. The SMILES string of the molecule is CC(=O)N[C@@H]1[C@@H](OCCCCCNOC(C)=[O+])O[C@@H](C)[C@@H](O)[C@H]1O[C@@H]1O[C@H](CO)[C@@H](O)[C@H](O)[C@H]1O. The Hall–Kier alpha value is -1.46. The number of aliphatic hydroxyl groups excluding tert-OH is 5. The van der Waals surface area contributed by atoms with Crippen LogP contribution in [0, 0.1) is 0 Å². The topological polar surface area (TPSA) is 208 Å². The number of hydrogen-bond acceptors (Lipinski definition) is 13. The molecule has 0 bridgehead atoms. The van der Waals surface area contributed by atoms with E-state index in [9.17, 15) is 35.1 Å². The van der Waals surface area contributed by atoms with Gasteiger partial charge in [0, 0.05) is 13.5 Å². The van der Waals surface area contributed by atoms with Crippen LogP contribution in [0.4, 0.5) is 0 Å². The minimum absolute atomic E-state index is 0.254. The van der Waals surface area contributed by atoms with Crippen molar-refractivity contribution in [2.24, 2.45) is 0 Å². The molecule has 2 fully saturated rings. The number of hydrogen-bond donors (Lipinski definition) is 7. The summed E-state index contributed by atoms with van der Waals surface area (Å²) in [5.74, 6) is -0.878. The first-order valence-electron chi connectivity index (χ1n) is 11.6. The van der Waals surface area contributed by atoms with Crippen molar-refractivity contribution >= 4 is 11.9 Å². The van der Waals surface area contributed by atoms with E-state index >= 15 is 0 Å². The minimum Gasteiger partial charge on any atom is -0.394 e. The standard InChI is InChI=1S/C21H38N2O12/c1-10-15(27)19(34-21-18(30)17(29)16(28)13(9-24)33-21)14(23-11(2)25)20(32-10)31-8-6-4-5-7-22-35-12(3)26/h10,13-22,24,27-30H,4-9H2,1-3H3,(H,23,25)/q+1/t10-,13+,14-,15+,16+,17-,18+,19-,20-,21-/m0/s1. The van der Waals surface area contributed by atoms with E-state index in [1.807, 2.05) is 0 Å². The maximum atomic E-state index is 11.9. The van der Waals surface area contributed by atoms with Gasteiger partial charge in [0.15, 0.2) is 12.6 Å². The molecule has 14 heteroatoms. The second-order valence-corrected chi connectivity index (χ2v) is 8.64. The lowest BCUT2D eigenvalue weighted by Gasteiger charge is -2.47. The third kappa shape index (κ3) is 8.56. The van der Waals surface area contributed by atoms with E-state index in [4.69, 9.17) is 18.9 Å². The Kier molecular flexibility index (Phi) is 12.2. The van der Waals surface area contributed by atoms with Gasteiger partial charge in [0.2, 0.25) is 5.91 Å². The summed E-state index contributed by atoms with van der Waals surface area (Å²) in [6.07, 6.45) is -9.79. The van der Waals surface area contributed by atoms with Gasteiger partial charge in [0.1, 0.15) is 49.6 Å². The lowest BCUT2D eigenvalue weighted by atomic mass is 9.95. The summed E-state index contributed by atoms with van der Waals surface area (Å²) in [5, 5.41) is 53.1. The van der Waals surface area contributed by atoms with Crippen LogP contribution in [-0.2, 0) is 33.4 Å². The number of hydroxylamine groups is 1. The van der Waals surface area contributed by atoms with Crippen molar-refractivity contribution in [2.75, 3.05) is 19.8 Å². The highest BCUT2D eigenvalue weighted by atomic mass is 16.7. The number of aliphatic hydroxyl groups is 5. The summed E-state index contributed by atoms with van der Waals surface area (Å²) < 4.78 is 22.7. The zero-order chi connectivity index (χ0) is 26.1. The van der Waals surface area contributed by atoms with E-state index in [1.165, 1.54) is 13.8 Å². The van der Waals surface area contributed by atoms with Crippen molar-refractivity contribution in [1.29, 1.82) is 0 Å². The van der Waals surface area contributed by atoms with Crippen molar-refractivity contribution in [2.45, 2.75) is 101 Å². The maximum absolute atomic E-state index is 11.9. The fourth-order valence-corrected chi connectivity index (χ4v) is 3.87.